The minimum Gasteiger partial charge on any atom is -0.469 e. The second-order valence-electron chi connectivity index (χ2n) is 5.26. The molecule has 1 aromatic carbocycles. The Balaban J connectivity index is 2.20. The van der Waals surface area contributed by atoms with Crippen molar-refractivity contribution in [3.05, 3.63) is 47.8 Å². The molecule has 0 saturated carbocycles. The number of methoxy groups -OCH3 is 2. The van der Waals surface area contributed by atoms with Crippen LogP contribution in [0.1, 0.15) is 12.0 Å². The van der Waals surface area contributed by atoms with E-state index >= 15 is 0 Å². The van der Waals surface area contributed by atoms with Gasteiger partial charge in [0.2, 0.25) is 0 Å². The summed E-state index contributed by atoms with van der Waals surface area (Å²) in [5, 5.41) is 0. The van der Waals surface area contributed by atoms with Gasteiger partial charge in [0.1, 0.15) is 5.92 Å². The molecule has 0 saturated heterocycles. The van der Waals surface area contributed by atoms with Gasteiger partial charge in [-0.3, -0.25) is 9.59 Å². The summed E-state index contributed by atoms with van der Waals surface area (Å²) in [5.74, 6) is -3.67. The first-order chi connectivity index (χ1) is 11.1. The third-order valence-electron chi connectivity index (χ3n) is 3.81. The lowest BCUT2D eigenvalue weighted by Crippen LogP contribution is -2.42. The van der Waals surface area contributed by atoms with Gasteiger partial charge in [0.25, 0.3) is 0 Å². The Kier molecular flexibility index (Phi) is 5.87. The van der Waals surface area contributed by atoms with Gasteiger partial charge in [-0.2, -0.15) is 0 Å². The standard InChI is InChI=1S/C17H19FO5/c1-21-16(19)13-8-12(18)9-14(15(13)17(20)22-2)23-10-11-6-4-3-5-7-11/h3-7,9,13-15H,8,10H2,1-2H3/t13-,14?,15+/m1/s1. The molecule has 124 valence electrons. The molecule has 0 fully saturated rings. The number of benzene rings is 1. The smallest absolute Gasteiger partial charge is 0.312 e. The van der Waals surface area contributed by atoms with Crippen molar-refractivity contribution in [1.82, 2.24) is 0 Å². The van der Waals surface area contributed by atoms with Crippen LogP contribution >= 0.6 is 0 Å². The maximum Gasteiger partial charge on any atom is 0.312 e. The van der Waals surface area contributed by atoms with E-state index in [2.05, 4.69) is 4.74 Å². The first-order valence-corrected chi connectivity index (χ1v) is 7.24. The van der Waals surface area contributed by atoms with Gasteiger partial charge < -0.3 is 14.2 Å². The SMILES string of the molecule is COC(=O)[C@@H]1C(OCc2ccccc2)C=C(F)C[C@H]1C(=O)OC. The van der Waals surface area contributed by atoms with Crippen LogP contribution in [0.4, 0.5) is 4.39 Å². The van der Waals surface area contributed by atoms with Crippen molar-refractivity contribution in [2.75, 3.05) is 14.2 Å². The van der Waals surface area contributed by atoms with Gasteiger partial charge in [-0.05, 0) is 11.6 Å². The predicted molar refractivity (Wildman–Crippen MR) is 79.8 cm³/mol. The van der Waals surface area contributed by atoms with E-state index in [-0.39, 0.29) is 13.0 Å². The molecule has 1 aromatic rings. The summed E-state index contributed by atoms with van der Waals surface area (Å²) in [4.78, 5) is 23.9. The molecule has 5 nitrogen and oxygen atoms in total. The molecule has 1 unspecified atom stereocenters. The van der Waals surface area contributed by atoms with Crippen LogP contribution in [0.5, 0.6) is 0 Å². The van der Waals surface area contributed by atoms with E-state index in [0.29, 0.717) is 0 Å². The average molecular weight is 322 g/mol. The fourth-order valence-corrected chi connectivity index (χ4v) is 2.65. The van der Waals surface area contributed by atoms with Gasteiger partial charge in [0, 0.05) is 6.42 Å². The number of rotatable bonds is 5. The quantitative estimate of drug-likeness (QED) is 0.779. The Hall–Kier alpha value is -2.21. The largest absolute Gasteiger partial charge is 0.469 e. The first-order valence-electron chi connectivity index (χ1n) is 7.24. The zero-order valence-electron chi connectivity index (χ0n) is 13.0. The molecule has 2 rings (SSSR count). The lowest BCUT2D eigenvalue weighted by atomic mass is 9.80. The Bertz CT molecular complexity index is 584. The van der Waals surface area contributed by atoms with E-state index in [0.717, 1.165) is 5.56 Å². The number of ether oxygens (including phenoxy) is 3. The summed E-state index contributed by atoms with van der Waals surface area (Å²) in [6.07, 6.45) is 0.141. The predicted octanol–water partition coefficient (Wildman–Crippen LogP) is 2.41. The molecule has 0 radical (unpaired) electrons. The molecule has 0 aromatic heterocycles. The van der Waals surface area contributed by atoms with Gasteiger partial charge in [0.15, 0.2) is 0 Å². The zero-order chi connectivity index (χ0) is 16.8. The van der Waals surface area contributed by atoms with E-state index in [1.54, 1.807) is 0 Å². The average Bonchev–Trinajstić information content (AvgIpc) is 2.58. The highest BCUT2D eigenvalue weighted by Gasteiger charge is 2.44. The fourth-order valence-electron chi connectivity index (χ4n) is 2.65. The second kappa shape index (κ2) is 7.87. The molecule has 0 heterocycles. The zero-order valence-corrected chi connectivity index (χ0v) is 13.0. The normalized spacial score (nSPS) is 23.8. The van der Waals surface area contributed by atoms with Crippen LogP contribution in [0.15, 0.2) is 42.2 Å². The summed E-state index contributed by atoms with van der Waals surface area (Å²) in [5.41, 5.74) is 0.880. The van der Waals surface area contributed by atoms with Crippen LogP contribution in [0, 0.1) is 11.8 Å². The highest BCUT2D eigenvalue weighted by molar-refractivity contribution is 5.83. The molecule has 3 atom stereocenters. The number of allylic oxidation sites excluding steroid dienone is 1. The van der Waals surface area contributed by atoms with E-state index in [4.69, 9.17) is 9.47 Å². The van der Waals surface area contributed by atoms with Gasteiger partial charge in [-0.15, -0.1) is 0 Å². The number of hydrogen-bond donors (Lipinski definition) is 0. The topological polar surface area (TPSA) is 61.8 Å². The fraction of sp³-hybridized carbons (Fsp3) is 0.412. The highest BCUT2D eigenvalue weighted by atomic mass is 19.1. The maximum absolute atomic E-state index is 13.9. The summed E-state index contributed by atoms with van der Waals surface area (Å²) in [6, 6.07) is 9.28. The third kappa shape index (κ3) is 4.16. The Morgan fingerprint density at radius 3 is 2.39 bits per heavy atom. The van der Waals surface area contributed by atoms with E-state index in [1.807, 2.05) is 30.3 Å². The lowest BCUT2D eigenvalue weighted by Gasteiger charge is -2.31. The van der Waals surface area contributed by atoms with Gasteiger partial charge in [-0.1, -0.05) is 30.3 Å². The number of carbonyl (C=O) groups excluding carboxylic acids is 2. The van der Waals surface area contributed by atoms with E-state index < -0.39 is 35.7 Å². The molecule has 23 heavy (non-hydrogen) atoms. The van der Waals surface area contributed by atoms with E-state index in [1.165, 1.54) is 20.3 Å². The van der Waals surface area contributed by atoms with Crippen molar-refractivity contribution in [2.24, 2.45) is 11.8 Å². The van der Waals surface area contributed by atoms with Gasteiger partial charge in [-0.25, -0.2) is 4.39 Å². The van der Waals surface area contributed by atoms with E-state index in [9.17, 15) is 14.0 Å². The third-order valence-corrected chi connectivity index (χ3v) is 3.81. The van der Waals surface area contributed by atoms with Crippen LogP contribution in [-0.2, 0) is 30.4 Å². The van der Waals surface area contributed by atoms with Crippen molar-refractivity contribution < 1.29 is 28.2 Å². The molecule has 0 bridgehead atoms. The highest BCUT2D eigenvalue weighted by Crippen LogP contribution is 2.34. The monoisotopic (exact) mass is 322 g/mol. The molecule has 6 heteroatoms. The summed E-state index contributed by atoms with van der Waals surface area (Å²) < 4.78 is 29.0. The van der Waals surface area contributed by atoms with Gasteiger partial charge in [0.05, 0.1) is 38.7 Å². The number of hydrogen-bond acceptors (Lipinski definition) is 5. The van der Waals surface area contributed by atoms with Crippen molar-refractivity contribution >= 4 is 11.9 Å². The lowest BCUT2D eigenvalue weighted by molar-refractivity contribution is -0.164. The first kappa shape index (κ1) is 17.1. The molecule has 0 N–H and O–H groups in total. The van der Waals surface area contributed by atoms with Crippen LogP contribution in [0.25, 0.3) is 0 Å². The Morgan fingerprint density at radius 1 is 1.13 bits per heavy atom. The number of halogens is 1. The second-order valence-corrected chi connectivity index (χ2v) is 5.26. The van der Waals surface area contributed by atoms with Crippen molar-refractivity contribution in [3.8, 4) is 0 Å². The molecule has 1 aliphatic rings. The van der Waals surface area contributed by atoms with Crippen LogP contribution in [0.3, 0.4) is 0 Å². The summed E-state index contributed by atoms with van der Waals surface area (Å²) in [6.45, 7) is 0.191. The Morgan fingerprint density at radius 2 is 1.78 bits per heavy atom. The maximum atomic E-state index is 13.9. The van der Waals surface area contributed by atoms with Crippen LogP contribution in [-0.4, -0.2) is 32.3 Å². The molecule has 0 amide bonds. The molecular weight excluding hydrogens is 303 g/mol. The molecule has 0 aliphatic heterocycles. The Labute approximate surface area is 134 Å². The van der Waals surface area contributed by atoms with Crippen molar-refractivity contribution in [2.45, 2.75) is 19.1 Å². The van der Waals surface area contributed by atoms with Crippen molar-refractivity contribution in [1.29, 1.82) is 0 Å². The van der Waals surface area contributed by atoms with Gasteiger partial charge >= 0.3 is 11.9 Å². The molecule has 1 aliphatic carbocycles. The molecule has 0 spiro atoms. The van der Waals surface area contributed by atoms with Crippen LogP contribution < -0.4 is 0 Å². The van der Waals surface area contributed by atoms with Crippen molar-refractivity contribution in [3.63, 3.8) is 0 Å². The minimum absolute atomic E-state index is 0.191. The number of carbonyl (C=O) groups is 2. The molecular formula is C17H19FO5. The minimum atomic E-state index is -0.960. The number of esters is 2. The summed E-state index contributed by atoms with van der Waals surface area (Å²) in [7, 11) is 2.42. The van der Waals surface area contributed by atoms with Crippen LogP contribution in [0.2, 0.25) is 0 Å². The summed E-state index contributed by atoms with van der Waals surface area (Å²) >= 11 is 0.